The van der Waals surface area contributed by atoms with Gasteiger partial charge in [0.05, 0.1) is 0 Å². The van der Waals surface area contributed by atoms with Gasteiger partial charge in [-0.2, -0.15) is 0 Å². The molecule has 1 saturated heterocycles. The zero-order valence-electron chi connectivity index (χ0n) is 3.53. The molecule has 2 heteroatoms. The molecule has 0 radical (unpaired) electrons. The molecule has 1 N–H and O–H groups in total. The predicted molar refractivity (Wildman–Crippen MR) is 22.2 cm³/mol. The third kappa shape index (κ3) is 0.989. The van der Waals surface area contributed by atoms with Gasteiger partial charge in [0.15, 0.2) is 0 Å². The van der Waals surface area contributed by atoms with Gasteiger partial charge in [-0.1, -0.05) is 0 Å². The van der Waals surface area contributed by atoms with Crippen LogP contribution in [-0.4, -0.2) is 10.6 Å². The summed E-state index contributed by atoms with van der Waals surface area (Å²) in [4.78, 5) is 0. The van der Waals surface area contributed by atoms with Crippen LogP contribution in [-0.2, 0) is 19.4 Å². The van der Waals surface area contributed by atoms with Gasteiger partial charge in [-0.3, -0.25) is 0 Å². The first-order chi connectivity index (χ1) is 2.89. The minimum atomic E-state index is 1.22. The fraction of sp³-hybridized carbons (Fsp3) is 0.750. The standard InChI is InChI=1S/C4H7N.W/c1-2-4-5-3-1;/h5H,1-3H2;. The average molecular weight is 253 g/mol. The Labute approximate surface area is 48.5 Å². The quantitative estimate of drug-likeness (QED) is 0.643. The van der Waals surface area contributed by atoms with Crippen molar-refractivity contribution in [2.45, 2.75) is 12.8 Å². The number of nitrogens with one attached hydrogen (secondary N) is 1. The molecule has 0 aromatic rings. The molecule has 34 valence electrons. The van der Waals surface area contributed by atoms with Crippen molar-refractivity contribution in [3.63, 3.8) is 0 Å². The fourth-order valence-corrected chi connectivity index (χ4v) is 1.45. The maximum absolute atomic E-state index is 3.27. The van der Waals surface area contributed by atoms with Crippen molar-refractivity contribution in [2.75, 3.05) is 6.54 Å². The van der Waals surface area contributed by atoms with Crippen molar-refractivity contribution in [1.82, 2.24) is 5.32 Å². The molecule has 0 bridgehead atoms. The van der Waals surface area contributed by atoms with E-state index in [0.29, 0.717) is 0 Å². The normalized spacial score (nSPS) is 22.3. The predicted octanol–water partition coefficient (Wildman–Crippen LogP) is 0.0465. The second kappa shape index (κ2) is 1.99. The van der Waals surface area contributed by atoms with Crippen molar-refractivity contribution in [3.05, 3.63) is 0 Å². The van der Waals surface area contributed by atoms with E-state index in [2.05, 4.69) is 5.32 Å². The topological polar surface area (TPSA) is 12.0 Å². The second-order valence-electron chi connectivity index (χ2n) is 1.45. The van der Waals surface area contributed by atoms with Gasteiger partial charge in [-0.15, -0.1) is 0 Å². The molecular weight excluding hydrogens is 246 g/mol. The summed E-state index contributed by atoms with van der Waals surface area (Å²) in [6.45, 7) is 1.22. The van der Waals surface area contributed by atoms with Gasteiger partial charge in [-0.25, -0.2) is 0 Å². The zero-order valence-corrected chi connectivity index (χ0v) is 6.46. The van der Waals surface area contributed by atoms with Crippen LogP contribution >= 0.6 is 0 Å². The van der Waals surface area contributed by atoms with Gasteiger partial charge in [0.25, 0.3) is 0 Å². The molecule has 0 atom stereocenters. The van der Waals surface area contributed by atoms with E-state index in [9.17, 15) is 0 Å². The van der Waals surface area contributed by atoms with Gasteiger partial charge in [-0.05, 0) is 0 Å². The van der Waals surface area contributed by atoms with E-state index in [4.69, 9.17) is 0 Å². The minimum absolute atomic E-state index is 1.22. The molecule has 1 rings (SSSR count). The first-order valence-corrected chi connectivity index (χ1v) is 3.63. The van der Waals surface area contributed by atoms with Crippen LogP contribution < -0.4 is 5.32 Å². The molecule has 6 heavy (non-hydrogen) atoms. The van der Waals surface area contributed by atoms with E-state index in [1.807, 2.05) is 0 Å². The van der Waals surface area contributed by atoms with E-state index in [-0.39, 0.29) is 0 Å². The second-order valence-corrected chi connectivity index (χ2v) is 3.22. The van der Waals surface area contributed by atoms with Crippen LogP contribution in [0.3, 0.4) is 0 Å². The fourth-order valence-electron chi connectivity index (χ4n) is 0.565. The van der Waals surface area contributed by atoms with Crippen molar-refractivity contribution < 1.29 is 19.4 Å². The molecule has 0 saturated carbocycles. The Kier molecular flexibility index (Phi) is 1.55. The number of hydrogen-bond acceptors (Lipinski definition) is 1. The first kappa shape index (κ1) is 4.67. The van der Waals surface area contributed by atoms with E-state index in [1.54, 1.807) is 19.4 Å². The third-order valence-electron chi connectivity index (χ3n) is 0.903. The summed E-state index contributed by atoms with van der Waals surface area (Å²) >= 11 is 1.61. The van der Waals surface area contributed by atoms with Gasteiger partial charge < -0.3 is 0 Å². The summed E-state index contributed by atoms with van der Waals surface area (Å²) in [7, 11) is 0. The summed E-state index contributed by atoms with van der Waals surface area (Å²) in [5.41, 5.74) is 0. The summed E-state index contributed by atoms with van der Waals surface area (Å²) in [6.07, 6.45) is 2.69. The summed E-state index contributed by atoms with van der Waals surface area (Å²) in [5.74, 6) is 0. The summed E-state index contributed by atoms with van der Waals surface area (Å²) < 4.78 is 1.54. The number of rotatable bonds is 0. The Bertz CT molecular complexity index is 61.9. The Morgan fingerprint density at radius 2 is 2.50 bits per heavy atom. The molecule has 0 amide bonds. The summed E-state index contributed by atoms with van der Waals surface area (Å²) in [5, 5.41) is 3.27. The number of hydrogen-bond donors (Lipinski definition) is 1. The van der Waals surface area contributed by atoms with Gasteiger partial charge >= 0.3 is 48.1 Å². The third-order valence-corrected chi connectivity index (χ3v) is 2.15. The molecule has 0 unspecified atom stereocenters. The van der Waals surface area contributed by atoms with Crippen LogP contribution in [0.25, 0.3) is 0 Å². The molecular formula is C4H7NW. The van der Waals surface area contributed by atoms with Crippen LogP contribution in [0, 0.1) is 0 Å². The van der Waals surface area contributed by atoms with Crippen LogP contribution in [0.4, 0.5) is 0 Å². The Hall–Kier alpha value is 0.518. The van der Waals surface area contributed by atoms with E-state index in [0.717, 1.165) is 0 Å². The van der Waals surface area contributed by atoms with Gasteiger partial charge in [0, 0.05) is 0 Å². The van der Waals surface area contributed by atoms with E-state index >= 15 is 0 Å². The Morgan fingerprint density at radius 1 is 1.67 bits per heavy atom. The van der Waals surface area contributed by atoms with Gasteiger partial charge in [0.2, 0.25) is 0 Å². The maximum atomic E-state index is 3.27. The molecule has 1 nitrogen and oxygen atoms in total. The van der Waals surface area contributed by atoms with Crippen LogP contribution in [0.2, 0.25) is 0 Å². The Balaban J connectivity index is 2.37. The zero-order chi connectivity index (χ0) is 4.41. The molecule has 1 aliphatic heterocycles. The van der Waals surface area contributed by atoms with E-state index in [1.165, 1.54) is 23.4 Å². The SMILES string of the molecule is [W]=[C]1CCCN1. The van der Waals surface area contributed by atoms with Crippen molar-refractivity contribution >= 4 is 4.02 Å². The molecule has 0 aromatic heterocycles. The molecule has 0 aromatic carbocycles. The van der Waals surface area contributed by atoms with Crippen LogP contribution in [0.1, 0.15) is 12.8 Å². The molecule has 0 aliphatic carbocycles. The van der Waals surface area contributed by atoms with E-state index < -0.39 is 0 Å². The van der Waals surface area contributed by atoms with Gasteiger partial charge in [0.1, 0.15) is 0 Å². The Morgan fingerprint density at radius 3 is 2.67 bits per heavy atom. The van der Waals surface area contributed by atoms with Crippen LogP contribution in [0.5, 0.6) is 0 Å². The molecule has 1 fully saturated rings. The van der Waals surface area contributed by atoms with Crippen molar-refractivity contribution in [2.24, 2.45) is 0 Å². The van der Waals surface area contributed by atoms with Crippen LogP contribution in [0.15, 0.2) is 0 Å². The summed E-state index contributed by atoms with van der Waals surface area (Å²) in [6, 6.07) is 0. The monoisotopic (exact) mass is 253 g/mol. The van der Waals surface area contributed by atoms with Crippen molar-refractivity contribution in [1.29, 1.82) is 0 Å². The first-order valence-electron chi connectivity index (χ1n) is 2.16. The molecule has 1 heterocycles. The molecule has 0 spiro atoms. The van der Waals surface area contributed by atoms with Crippen molar-refractivity contribution in [3.8, 4) is 0 Å². The molecule has 1 aliphatic rings. The average Bonchev–Trinajstić information content (AvgIpc) is 1.86.